The third-order valence-corrected chi connectivity index (χ3v) is 3.86. The number of aromatic nitrogens is 2. The van der Waals surface area contributed by atoms with Crippen LogP contribution in [-0.4, -0.2) is 16.1 Å². The van der Waals surface area contributed by atoms with E-state index in [1.54, 1.807) is 42.5 Å². The van der Waals surface area contributed by atoms with E-state index in [2.05, 4.69) is 20.8 Å². The predicted molar refractivity (Wildman–Crippen MR) is 101 cm³/mol. The number of amides is 1. The van der Waals surface area contributed by atoms with Crippen molar-refractivity contribution in [3.05, 3.63) is 76.4 Å². The van der Waals surface area contributed by atoms with E-state index < -0.39 is 0 Å². The Kier molecular flexibility index (Phi) is 5.11. The number of nitriles is 1. The van der Waals surface area contributed by atoms with Gasteiger partial charge in [-0.2, -0.15) is 5.26 Å². The zero-order valence-electron chi connectivity index (χ0n) is 13.8. The van der Waals surface area contributed by atoms with E-state index in [1.165, 1.54) is 0 Å². The van der Waals surface area contributed by atoms with Gasteiger partial charge in [0.25, 0.3) is 5.91 Å². The lowest BCUT2D eigenvalue weighted by atomic mass is 10.2. The van der Waals surface area contributed by atoms with Crippen LogP contribution in [0.1, 0.15) is 21.6 Å². The fourth-order valence-electron chi connectivity index (χ4n) is 2.25. The Morgan fingerprint density at radius 1 is 1.08 bits per heavy atom. The number of carbonyl (C=O) groups is 1. The zero-order chi connectivity index (χ0) is 18.5. The molecule has 0 spiro atoms. The van der Waals surface area contributed by atoms with Gasteiger partial charge < -0.3 is 10.6 Å². The number of halogens is 1. The smallest absolute Gasteiger partial charge is 0.276 e. The lowest BCUT2D eigenvalue weighted by Gasteiger charge is -2.09. The van der Waals surface area contributed by atoms with Gasteiger partial charge in [0, 0.05) is 16.4 Å². The predicted octanol–water partition coefficient (Wildman–Crippen LogP) is 4.31. The van der Waals surface area contributed by atoms with E-state index >= 15 is 0 Å². The van der Waals surface area contributed by atoms with Crippen LogP contribution in [0, 0.1) is 18.3 Å². The quantitative estimate of drug-likeness (QED) is 0.720. The molecule has 0 saturated heterocycles. The lowest BCUT2D eigenvalue weighted by Crippen LogP contribution is -2.14. The van der Waals surface area contributed by atoms with E-state index in [4.69, 9.17) is 16.9 Å². The van der Waals surface area contributed by atoms with Crippen LogP contribution in [0.3, 0.4) is 0 Å². The molecule has 0 radical (unpaired) electrons. The second-order valence-electron chi connectivity index (χ2n) is 5.53. The lowest BCUT2D eigenvalue weighted by molar-refractivity contribution is 0.102. The van der Waals surface area contributed by atoms with Crippen molar-refractivity contribution in [1.29, 1.82) is 5.26 Å². The first-order valence-corrected chi connectivity index (χ1v) is 8.11. The molecule has 1 heterocycles. The molecule has 6 nitrogen and oxygen atoms in total. The van der Waals surface area contributed by atoms with Gasteiger partial charge in [0.2, 0.25) is 0 Å². The molecule has 0 bridgehead atoms. The molecular weight excluding hydrogens is 350 g/mol. The van der Waals surface area contributed by atoms with Crippen LogP contribution in [0.25, 0.3) is 0 Å². The van der Waals surface area contributed by atoms with Crippen LogP contribution in [0.2, 0.25) is 5.02 Å². The minimum atomic E-state index is -0.378. The normalized spacial score (nSPS) is 10.0. The summed E-state index contributed by atoms with van der Waals surface area (Å²) < 4.78 is 0. The Labute approximate surface area is 155 Å². The van der Waals surface area contributed by atoms with Crippen molar-refractivity contribution in [2.75, 3.05) is 10.6 Å². The van der Waals surface area contributed by atoms with Crippen LogP contribution in [0.5, 0.6) is 0 Å². The van der Waals surface area contributed by atoms with Crippen LogP contribution >= 0.6 is 11.6 Å². The molecule has 3 rings (SSSR count). The second-order valence-corrected chi connectivity index (χ2v) is 5.97. The fraction of sp³-hybridized carbons (Fsp3) is 0.0526. The Balaban J connectivity index is 1.68. The van der Waals surface area contributed by atoms with Crippen molar-refractivity contribution in [3.63, 3.8) is 0 Å². The number of benzene rings is 2. The van der Waals surface area contributed by atoms with Gasteiger partial charge in [-0.15, -0.1) is 10.2 Å². The molecule has 0 fully saturated rings. The molecule has 2 N–H and O–H groups in total. The highest BCUT2D eigenvalue weighted by atomic mass is 35.5. The summed E-state index contributed by atoms with van der Waals surface area (Å²) in [5.74, 6) is 0.141. The summed E-state index contributed by atoms with van der Waals surface area (Å²) in [6.07, 6.45) is 0. The molecule has 128 valence electrons. The summed E-state index contributed by atoms with van der Waals surface area (Å²) >= 11 is 5.94. The average Bonchev–Trinajstić information content (AvgIpc) is 2.65. The first-order chi connectivity index (χ1) is 12.5. The van der Waals surface area contributed by atoms with E-state index in [0.29, 0.717) is 22.1 Å². The first kappa shape index (κ1) is 17.4. The van der Waals surface area contributed by atoms with Gasteiger partial charge in [-0.3, -0.25) is 4.79 Å². The van der Waals surface area contributed by atoms with Crippen LogP contribution < -0.4 is 10.6 Å². The number of nitrogens with one attached hydrogen (secondary N) is 2. The molecule has 0 aliphatic rings. The van der Waals surface area contributed by atoms with E-state index in [0.717, 1.165) is 11.3 Å². The highest BCUT2D eigenvalue weighted by molar-refractivity contribution is 6.30. The van der Waals surface area contributed by atoms with Crippen molar-refractivity contribution < 1.29 is 4.79 Å². The first-order valence-electron chi connectivity index (χ1n) is 7.73. The molecule has 3 aromatic rings. The molecular formula is C19H14ClN5O. The molecule has 2 aromatic carbocycles. The molecule has 0 aliphatic carbocycles. The number of hydrogen-bond donors (Lipinski definition) is 2. The van der Waals surface area contributed by atoms with Crippen LogP contribution in [0.4, 0.5) is 17.2 Å². The Hall–Kier alpha value is -3.43. The van der Waals surface area contributed by atoms with Crippen LogP contribution in [0.15, 0.2) is 54.6 Å². The largest absolute Gasteiger partial charge is 0.339 e. The SMILES string of the molecule is Cc1cc(Cl)ccc1Nc1ccc(C(=O)Nc2ccc(C#N)cc2)nn1. The summed E-state index contributed by atoms with van der Waals surface area (Å²) in [6.45, 7) is 1.93. The Bertz CT molecular complexity index is 978. The maximum atomic E-state index is 12.2. The van der Waals surface area contributed by atoms with Gasteiger partial charge >= 0.3 is 0 Å². The van der Waals surface area contributed by atoms with Crippen molar-refractivity contribution in [2.45, 2.75) is 6.92 Å². The zero-order valence-corrected chi connectivity index (χ0v) is 14.6. The Morgan fingerprint density at radius 2 is 1.85 bits per heavy atom. The number of hydrogen-bond acceptors (Lipinski definition) is 5. The maximum absolute atomic E-state index is 12.2. The molecule has 7 heteroatoms. The third-order valence-electron chi connectivity index (χ3n) is 3.62. The number of rotatable bonds is 4. The van der Waals surface area contributed by atoms with Crippen molar-refractivity contribution >= 4 is 34.7 Å². The number of carbonyl (C=O) groups excluding carboxylic acids is 1. The molecule has 0 aliphatic heterocycles. The summed E-state index contributed by atoms with van der Waals surface area (Å²) in [6, 6.07) is 17.3. The fourth-order valence-corrected chi connectivity index (χ4v) is 2.48. The highest BCUT2D eigenvalue weighted by Crippen LogP contribution is 2.22. The summed E-state index contributed by atoms with van der Waals surface area (Å²) in [4.78, 5) is 12.2. The number of anilines is 3. The topological polar surface area (TPSA) is 90.7 Å². The Morgan fingerprint density at radius 3 is 2.46 bits per heavy atom. The molecule has 0 saturated carbocycles. The summed E-state index contributed by atoms with van der Waals surface area (Å²) in [7, 11) is 0. The summed E-state index contributed by atoms with van der Waals surface area (Å²) in [5, 5.41) is 23.3. The van der Waals surface area contributed by atoms with Gasteiger partial charge in [0.1, 0.15) is 0 Å². The van der Waals surface area contributed by atoms with Gasteiger partial charge in [-0.05, 0) is 67.1 Å². The van der Waals surface area contributed by atoms with Gasteiger partial charge in [0.15, 0.2) is 11.5 Å². The van der Waals surface area contributed by atoms with Crippen molar-refractivity contribution in [1.82, 2.24) is 10.2 Å². The maximum Gasteiger partial charge on any atom is 0.276 e. The third kappa shape index (κ3) is 4.15. The second kappa shape index (κ2) is 7.64. The standard InChI is InChI=1S/C19H14ClN5O/c1-12-10-14(20)4-7-16(12)23-18-9-8-17(24-25-18)19(26)22-15-5-2-13(11-21)3-6-15/h2-10H,1H3,(H,22,26)(H,23,25). The van der Waals surface area contributed by atoms with Gasteiger partial charge in [0.05, 0.1) is 11.6 Å². The number of nitrogens with zero attached hydrogens (tertiary/aromatic N) is 3. The molecule has 26 heavy (non-hydrogen) atoms. The minimum absolute atomic E-state index is 0.188. The van der Waals surface area contributed by atoms with Crippen molar-refractivity contribution in [3.8, 4) is 6.07 Å². The van der Waals surface area contributed by atoms with E-state index in [9.17, 15) is 4.79 Å². The highest BCUT2D eigenvalue weighted by Gasteiger charge is 2.09. The van der Waals surface area contributed by atoms with Gasteiger partial charge in [-0.1, -0.05) is 11.6 Å². The molecule has 1 amide bonds. The molecule has 0 atom stereocenters. The van der Waals surface area contributed by atoms with Gasteiger partial charge in [-0.25, -0.2) is 0 Å². The summed E-state index contributed by atoms with van der Waals surface area (Å²) in [5.41, 5.74) is 3.12. The van der Waals surface area contributed by atoms with Crippen LogP contribution in [-0.2, 0) is 0 Å². The van der Waals surface area contributed by atoms with E-state index in [-0.39, 0.29) is 11.6 Å². The molecule has 1 aromatic heterocycles. The van der Waals surface area contributed by atoms with Crippen molar-refractivity contribution in [2.24, 2.45) is 0 Å². The monoisotopic (exact) mass is 363 g/mol. The minimum Gasteiger partial charge on any atom is -0.339 e. The number of aryl methyl sites for hydroxylation is 1. The van der Waals surface area contributed by atoms with E-state index in [1.807, 2.05) is 25.1 Å². The molecule has 0 unspecified atom stereocenters. The average molecular weight is 364 g/mol.